The molecule has 1 amide bonds. The first-order chi connectivity index (χ1) is 20.1. The Balaban J connectivity index is 1.63. The van der Waals surface area contributed by atoms with Crippen LogP contribution in [-0.2, 0) is 4.74 Å². The lowest BCUT2D eigenvalue weighted by atomic mass is 9.64. The predicted molar refractivity (Wildman–Crippen MR) is 170 cm³/mol. The van der Waals surface area contributed by atoms with Gasteiger partial charge in [0.1, 0.15) is 11.5 Å². The number of ether oxygens (including phenoxy) is 2. The van der Waals surface area contributed by atoms with Crippen molar-refractivity contribution in [1.82, 2.24) is 4.90 Å². The van der Waals surface area contributed by atoms with E-state index in [1.807, 2.05) is 68.6 Å². The largest absolute Gasteiger partial charge is 0.482 e. The van der Waals surface area contributed by atoms with E-state index in [0.717, 1.165) is 21.6 Å². The quantitative estimate of drug-likeness (QED) is 0.177. The summed E-state index contributed by atoms with van der Waals surface area (Å²) in [6.45, 7) is 14.2. The molecule has 1 saturated heterocycles. The van der Waals surface area contributed by atoms with Crippen LogP contribution < -0.4 is 4.74 Å². The minimum absolute atomic E-state index is 0.00901. The Hall–Kier alpha value is -3.07. The molecule has 0 spiro atoms. The summed E-state index contributed by atoms with van der Waals surface area (Å²) in [5, 5.41) is 19.6. The molecular weight excluding hydrogens is 562 g/mol. The summed E-state index contributed by atoms with van der Waals surface area (Å²) in [5.41, 5.74) is 1.95. The number of aliphatic hydroxyl groups is 2. The van der Waals surface area contributed by atoms with Crippen molar-refractivity contribution in [2.24, 2.45) is 17.3 Å². The number of thioether (sulfide) groups is 1. The normalized spacial score (nSPS) is 22.7. The van der Waals surface area contributed by atoms with E-state index in [0.29, 0.717) is 36.0 Å². The maximum absolute atomic E-state index is 14.1. The standard InChI is InChI=1S/C35H45NO6S/c1-21(2)24-9-13-26(14-10-24)41-33(40)36-19-28(30(37)25-11-15-27(43-8)16-12-25)29(20-36)35(7)17-22(3)31(23(4)18-35)42-34(5,6)32(38)39/h9-17,21,28-29,32,38-39H,18-20H2,1-8H3/t28-,29-,35?/m1/s1. The molecule has 0 aromatic heterocycles. The number of nitrogens with zero attached hydrogens (tertiary/aromatic N) is 1. The Morgan fingerprint density at radius 2 is 1.65 bits per heavy atom. The number of amides is 1. The first kappa shape index (κ1) is 32.8. The van der Waals surface area contributed by atoms with E-state index in [-0.39, 0.29) is 18.2 Å². The number of aliphatic hydroxyl groups excluding tert-OH is 1. The number of carbonyl (C=O) groups is 2. The first-order valence-electron chi connectivity index (χ1n) is 14.8. The summed E-state index contributed by atoms with van der Waals surface area (Å²) in [4.78, 5) is 30.3. The Bertz CT molecular complexity index is 1390. The van der Waals surface area contributed by atoms with Gasteiger partial charge in [0, 0.05) is 29.5 Å². The van der Waals surface area contributed by atoms with Gasteiger partial charge in [0.15, 0.2) is 17.7 Å². The number of Topliss-reactive ketones (excluding diaryl/α,β-unsaturated/α-hetero) is 1. The first-order valence-corrected chi connectivity index (χ1v) is 16.1. The van der Waals surface area contributed by atoms with Crippen molar-refractivity contribution in [1.29, 1.82) is 0 Å². The minimum Gasteiger partial charge on any atom is -0.482 e. The molecule has 2 aromatic carbocycles. The third kappa shape index (κ3) is 7.19. The van der Waals surface area contributed by atoms with E-state index in [4.69, 9.17) is 9.47 Å². The number of ketones is 1. The second-order valence-corrected chi connectivity index (χ2v) is 13.9. The van der Waals surface area contributed by atoms with E-state index >= 15 is 0 Å². The number of benzene rings is 2. The van der Waals surface area contributed by atoms with E-state index < -0.39 is 29.3 Å². The Morgan fingerprint density at radius 3 is 2.19 bits per heavy atom. The van der Waals surface area contributed by atoms with Gasteiger partial charge in [-0.25, -0.2) is 4.79 Å². The number of carbonyl (C=O) groups excluding carboxylic acids is 2. The summed E-state index contributed by atoms with van der Waals surface area (Å²) >= 11 is 1.62. The molecule has 0 radical (unpaired) electrons. The van der Waals surface area contributed by atoms with Crippen molar-refractivity contribution in [3.05, 3.63) is 82.6 Å². The van der Waals surface area contributed by atoms with Gasteiger partial charge < -0.3 is 24.6 Å². The van der Waals surface area contributed by atoms with Gasteiger partial charge in [0.05, 0.1) is 0 Å². The molecule has 4 rings (SSSR count). The van der Waals surface area contributed by atoms with Crippen molar-refractivity contribution in [3.63, 3.8) is 0 Å². The molecule has 3 atom stereocenters. The Labute approximate surface area is 260 Å². The minimum atomic E-state index is -1.65. The number of hydrogen-bond acceptors (Lipinski definition) is 7. The molecule has 1 fully saturated rings. The maximum Gasteiger partial charge on any atom is 0.415 e. The lowest BCUT2D eigenvalue weighted by molar-refractivity contribution is -0.175. The average molecular weight is 608 g/mol. The number of likely N-dealkylation sites (tertiary alicyclic amines) is 1. The fraction of sp³-hybridized carbons (Fsp3) is 0.486. The molecule has 1 unspecified atom stereocenters. The monoisotopic (exact) mass is 607 g/mol. The number of allylic oxidation sites excluding steroid dienone is 3. The molecular formula is C35H45NO6S. The molecule has 2 aliphatic rings. The van der Waals surface area contributed by atoms with Gasteiger partial charge in [0.2, 0.25) is 0 Å². The molecule has 1 heterocycles. The van der Waals surface area contributed by atoms with Gasteiger partial charge >= 0.3 is 6.09 Å². The van der Waals surface area contributed by atoms with Gasteiger partial charge in [-0.1, -0.05) is 51.1 Å². The van der Waals surface area contributed by atoms with Gasteiger partial charge in [-0.15, -0.1) is 11.8 Å². The highest BCUT2D eigenvalue weighted by molar-refractivity contribution is 7.98. The van der Waals surface area contributed by atoms with Gasteiger partial charge in [-0.2, -0.15) is 0 Å². The Kier molecular flexibility index (Phi) is 9.84. The van der Waals surface area contributed by atoms with Gasteiger partial charge in [0.25, 0.3) is 0 Å². The molecule has 1 aliphatic heterocycles. The van der Waals surface area contributed by atoms with Crippen LogP contribution >= 0.6 is 11.8 Å². The van der Waals surface area contributed by atoms with Gasteiger partial charge in [-0.05, 0) is 98.6 Å². The molecule has 0 bridgehead atoms. The highest BCUT2D eigenvalue weighted by Crippen LogP contribution is 2.49. The van der Waals surface area contributed by atoms with Crippen molar-refractivity contribution < 1.29 is 29.3 Å². The molecule has 7 nitrogen and oxygen atoms in total. The molecule has 1 aliphatic carbocycles. The van der Waals surface area contributed by atoms with Crippen LogP contribution in [0.1, 0.15) is 76.7 Å². The topological polar surface area (TPSA) is 96.3 Å². The molecule has 0 saturated carbocycles. The molecule has 232 valence electrons. The van der Waals surface area contributed by atoms with Crippen LogP contribution in [0.15, 0.2) is 76.4 Å². The highest BCUT2D eigenvalue weighted by Gasteiger charge is 2.50. The molecule has 2 aromatic rings. The Morgan fingerprint density at radius 1 is 1.02 bits per heavy atom. The van der Waals surface area contributed by atoms with E-state index in [9.17, 15) is 19.8 Å². The van der Waals surface area contributed by atoms with E-state index in [1.54, 1.807) is 30.5 Å². The summed E-state index contributed by atoms with van der Waals surface area (Å²) in [6.07, 6.45) is 2.60. The lowest BCUT2D eigenvalue weighted by Gasteiger charge is -2.41. The SMILES string of the molecule is CSc1ccc(C(=O)[C@@H]2CN(C(=O)Oc3ccc(C(C)C)cc3)C[C@H]2C2(C)C=C(C)C(OC(C)(C)C(O)O)=C(C)C2)cc1. The van der Waals surface area contributed by atoms with Crippen LogP contribution in [0.25, 0.3) is 0 Å². The summed E-state index contributed by atoms with van der Waals surface area (Å²) in [7, 11) is 0. The average Bonchev–Trinajstić information content (AvgIpc) is 3.42. The zero-order valence-electron chi connectivity index (χ0n) is 26.5. The van der Waals surface area contributed by atoms with Crippen molar-refractivity contribution >= 4 is 23.6 Å². The smallest absolute Gasteiger partial charge is 0.415 e. The zero-order valence-corrected chi connectivity index (χ0v) is 27.3. The second-order valence-electron chi connectivity index (χ2n) is 13.0. The summed E-state index contributed by atoms with van der Waals surface area (Å²) in [6, 6.07) is 15.2. The van der Waals surface area contributed by atoms with Crippen LogP contribution in [0.4, 0.5) is 4.79 Å². The number of hydrogen-bond donors (Lipinski definition) is 2. The van der Waals surface area contributed by atoms with E-state index in [1.165, 1.54) is 0 Å². The molecule has 8 heteroatoms. The third-order valence-electron chi connectivity index (χ3n) is 8.81. The predicted octanol–water partition coefficient (Wildman–Crippen LogP) is 7.20. The second kappa shape index (κ2) is 12.9. The lowest BCUT2D eigenvalue weighted by Crippen LogP contribution is -2.41. The fourth-order valence-electron chi connectivity index (χ4n) is 6.26. The molecule has 43 heavy (non-hydrogen) atoms. The van der Waals surface area contributed by atoms with Gasteiger partial charge in [-0.3, -0.25) is 4.79 Å². The summed E-state index contributed by atoms with van der Waals surface area (Å²) < 4.78 is 11.9. The van der Waals surface area contributed by atoms with Crippen LogP contribution in [-0.4, -0.2) is 58.2 Å². The van der Waals surface area contributed by atoms with Crippen LogP contribution in [0.5, 0.6) is 5.75 Å². The summed E-state index contributed by atoms with van der Waals surface area (Å²) in [5.74, 6) is 0.869. The van der Waals surface area contributed by atoms with Crippen LogP contribution in [0.2, 0.25) is 0 Å². The van der Waals surface area contributed by atoms with E-state index in [2.05, 4.69) is 26.8 Å². The third-order valence-corrected chi connectivity index (χ3v) is 9.56. The van der Waals surface area contributed by atoms with Crippen molar-refractivity contribution in [3.8, 4) is 5.75 Å². The van der Waals surface area contributed by atoms with Crippen LogP contribution in [0, 0.1) is 17.3 Å². The highest BCUT2D eigenvalue weighted by atomic mass is 32.2. The van der Waals surface area contributed by atoms with Crippen LogP contribution in [0.3, 0.4) is 0 Å². The van der Waals surface area contributed by atoms with Crippen molar-refractivity contribution in [2.75, 3.05) is 19.3 Å². The molecule has 2 N–H and O–H groups in total. The van der Waals surface area contributed by atoms with Crippen molar-refractivity contribution in [2.45, 2.75) is 77.6 Å². The number of rotatable bonds is 9. The fourth-order valence-corrected chi connectivity index (χ4v) is 6.67. The zero-order chi connectivity index (χ0) is 31.7. The maximum atomic E-state index is 14.1.